The van der Waals surface area contributed by atoms with Crippen LogP contribution in [0.15, 0.2) is 0 Å². The van der Waals surface area contributed by atoms with Gasteiger partial charge < -0.3 is 5.32 Å². The average Bonchev–Trinajstić information content (AvgIpc) is 2.45. The molecule has 1 unspecified atom stereocenters. The molecule has 0 aromatic rings. The van der Waals surface area contributed by atoms with E-state index in [0.717, 1.165) is 5.06 Å². The molecule has 1 aliphatic heterocycles. The smallest absolute Gasteiger partial charge is 0.254 e. The monoisotopic (exact) mass is 186 g/mol. The van der Waals surface area contributed by atoms with Gasteiger partial charge in [-0.2, -0.15) is 0 Å². The predicted molar refractivity (Wildman–Crippen MR) is 45.5 cm³/mol. The highest BCUT2D eigenvalue weighted by Gasteiger charge is 2.42. The molecule has 1 heterocycles. The molecule has 5 nitrogen and oxygen atoms in total. The van der Waals surface area contributed by atoms with E-state index in [1.807, 2.05) is 0 Å². The molecule has 0 bridgehead atoms. The second-order valence-corrected chi connectivity index (χ2v) is 3.50. The van der Waals surface area contributed by atoms with Crippen LogP contribution in [0.25, 0.3) is 0 Å². The van der Waals surface area contributed by atoms with Crippen molar-refractivity contribution in [2.24, 2.45) is 5.41 Å². The van der Waals surface area contributed by atoms with Crippen molar-refractivity contribution >= 4 is 11.8 Å². The van der Waals surface area contributed by atoms with Crippen molar-refractivity contribution in [2.45, 2.75) is 13.3 Å². The van der Waals surface area contributed by atoms with E-state index in [4.69, 9.17) is 4.84 Å². The third-order valence-corrected chi connectivity index (χ3v) is 2.30. The van der Waals surface area contributed by atoms with Crippen molar-refractivity contribution in [1.82, 2.24) is 10.4 Å². The third-order valence-electron chi connectivity index (χ3n) is 2.30. The number of carbonyl (C=O) groups is 2. The van der Waals surface area contributed by atoms with Crippen LogP contribution in [0.4, 0.5) is 0 Å². The Morgan fingerprint density at radius 2 is 2.31 bits per heavy atom. The molecule has 1 fully saturated rings. The number of rotatable bonds is 2. The van der Waals surface area contributed by atoms with Crippen LogP contribution in [0.1, 0.15) is 13.3 Å². The zero-order valence-electron chi connectivity index (χ0n) is 8.09. The third kappa shape index (κ3) is 1.80. The summed E-state index contributed by atoms with van der Waals surface area (Å²) in [6.45, 7) is 2.14. The van der Waals surface area contributed by atoms with Gasteiger partial charge >= 0.3 is 0 Å². The normalized spacial score (nSPS) is 27.2. The van der Waals surface area contributed by atoms with E-state index in [0.29, 0.717) is 6.54 Å². The highest BCUT2D eigenvalue weighted by Crippen LogP contribution is 2.27. The summed E-state index contributed by atoms with van der Waals surface area (Å²) in [5.74, 6) is -0.256. The first kappa shape index (κ1) is 9.98. The summed E-state index contributed by atoms with van der Waals surface area (Å²) in [4.78, 5) is 27.4. The molecule has 0 aromatic heterocycles. The van der Waals surface area contributed by atoms with Crippen LogP contribution in [0.2, 0.25) is 0 Å². The van der Waals surface area contributed by atoms with Gasteiger partial charge in [0.1, 0.15) is 0 Å². The van der Waals surface area contributed by atoms with Gasteiger partial charge in [0.25, 0.3) is 5.91 Å². The maximum absolute atomic E-state index is 11.7. The van der Waals surface area contributed by atoms with E-state index >= 15 is 0 Å². The van der Waals surface area contributed by atoms with E-state index in [1.165, 1.54) is 14.2 Å². The highest BCUT2D eigenvalue weighted by atomic mass is 16.7. The topological polar surface area (TPSA) is 58.6 Å². The summed E-state index contributed by atoms with van der Waals surface area (Å²) in [6, 6.07) is 0. The Morgan fingerprint density at radius 1 is 1.69 bits per heavy atom. The Bertz CT molecular complexity index is 242. The number of carbonyl (C=O) groups excluding carboxylic acids is 2. The molecule has 13 heavy (non-hydrogen) atoms. The highest BCUT2D eigenvalue weighted by molar-refractivity contribution is 5.91. The minimum Gasteiger partial charge on any atom is -0.355 e. The predicted octanol–water partition coefficient (Wildman–Crippen LogP) is -0.468. The quantitative estimate of drug-likeness (QED) is 0.593. The van der Waals surface area contributed by atoms with Crippen molar-refractivity contribution in [3.05, 3.63) is 0 Å². The summed E-state index contributed by atoms with van der Waals surface area (Å²) in [5, 5.41) is 3.78. The average molecular weight is 186 g/mol. The van der Waals surface area contributed by atoms with Crippen molar-refractivity contribution in [1.29, 1.82) is 0 Å². The molecule has 1 rings (SSSR count). The van der Waals surface area contributed by atoms with Gasteiger partial charge in [0.2, 0.25) is 5.91 Å². The van der Waals surface area contributed by atoms with Crippen molar-refractivity contribution in [3.63, 3.8) is 0 Å². The molecule has 1 aliphatic rings. The first-order chi connectivity index (χ1) is 5.99. The molecule has 0 aromatic carbocycles. The zero-order valence-corrected chi connectivity index (χ0v) is 8.09. The molecule has 1 N–H and O–H groups in total. The van der Waals surface area contributed by atoms with Gasteiger partial charge in [0.15, 0.2) is 0 Å². The van der Waals surface area contributed by atoms with Gasteiger partial charge in [-0.15, -0.1) is 0 Å². The van der Waals surface area contributed by atoms with Crippen LogP contribution in [-0.4, -0.2) is 37.6 Å². The first-order valence-electron chi connectivity index (χ1n) is 4.08. The number of nitrogens with one attached hydrogen (secondary N) is 1. The van der Waals surface area contributed by atoms with Crippen LogP contribution in [0.5, 0.6) is 0 Å². The van der Waals surface area contributed by atoms with Crippen LogP contribution < -0.4 is 5.32 Å². The Kier molecular flexibility index (Phi) is 2.56. The fourth-order valence-corrected chi connectivity index (χ4v) is 1.39. The molecule has 0 radical (unpaired) electrons. The molecule has 1 saturated heterocycles. The number of hydroxylamine groups is 2. The number of hydrogen-bond donors (Lipinski definition) is 1. The molecular weight excluding hydrogens is 172 g/mol. The van der Waals surface area contributed by atoms with Crippen LogP contribution >= 0.6 is 0 Å². The lowest BCUT2D eigenvalue weighted by Crippen LogP contribution is -2.40. The summed E-state index contributed by atoms with van der Waals surface area (Å²) in [5.41, 5.74) is -0.651. The summed E-state index contributed by atoms with van der Waals surface area (Å²) < 4.78 is 0. The maximum atomic E-state index is 11.7. The summed E-state index contributed by atoms with van der Waals surface area (Å²) in [7, 11) is 2.96. The fraction of sp³-hybridized carbons (Fsp3) is 0.750. The second-order valence-electron chi connectivity index (χ2n) is 3.50. The SMILES string of the molecule is CON(C)C(=O)C1(C)CNC(=O)C1. The van der Waals surface area contributed by atoms with Gasteiger partial charge in [-0.05, 0) is 6.92 Å². The van der Waals surface area contributed by atoms with Gasteiger partial charge in [-0.3, -0.25) is 14.4 Å². The van der Waals surface area contributed by atoms with Crippen LogP contribution in [0.3, 0.4) is 0 Å². The number of amides is 2. The Balaban J connectivity index is 2.70. The van der Waals surface area contributed by atoms with Gasteiger partial charge in [-0.1, -0.05) is 0 Å². The number of hydrogen-bond acceptors (Lipinski definition) is 3. The molecule has 1 atom stereocenters. The molecule has 2 amide bonds. The largest absolute Gasteiger partial charge is 0.355 e. The van der Waals surface area contributed by atoms with Gasteiger partial charge in [0.05, 0.1) is 12.5 Å². The standard InChI is InChI=1S/C8H14N2O3/c1-8(4-6(11)9-5-8)7(12)10(2)13-3/h4-5H2,1-3H3,(H,9,11). The fourth-order valence-electron chi connectivity index (χ4n) is 1.39. The van der Waals surface area contributed by atoms with E-state index in [2.05, 4.69) is 5.32 Å². The lowest BCUT2D eigenvalue weighted by atomic mass is 9.88. The Morgan fingerprint density at radius 3 is 2.69 bits per heavy atom. The summed E-state index contributed by atoms with van der Waals surface area (Å²) in [6.07, 6.45) is 0.236. The van der Waals surface area contributed by atoms with Crippen molar-refractivity contribution in [2.75, 3.05) is 20.7 Å². The lowest BCUT2D eigenvalue weighted by Gasteiger charge is -2.25. The number of nitrogens with zero attached hydrogens (tertiary/aromatic N) is 1. The maximum Gasteiger partial charge on any atom is 0.254 e. The van der Waals surface area contributed by atoms with Crippen LogP contribution in [-0.2, 0) is 14.4 Å². The van der Waals surface area contributed by atoms with E-state index < -0.39 is 5.41 Å². The first-order valence-corrected chi connectivity index (χ1v) is 4.08. The minimum absolute atomic E-state index is 0.0830. The van der Waals surface area contributed by atoms with Crippen LogP contribution in [0, 0.1) is 5.41 Å². The molecule has 5 heteroatoms. The van der Waals surface area contributed by atoms with E-state index in [-0.39, 0.29) is 18.2 Å². The van der Waals surface area contributed by atoms with Gasteiger partial charge in [-0.25, -0.2) is 5.06 Å². The Labute approximate surface area is 77.0 Å². The van der Waals surface area contributed by atoms with E-state index in [1.54, 1.807) is 6.92 Å². The molecular formula is C8H14N2O3. The van der Waals surface area contributed by atoms with Crippen molar-refractivity contribution in [3.8, 4) is 0 Å². The molecule has 0 aliphatic carbocycles. The van der Waals surface area contributed by atoms with Crippen molar-refractivity contribution < 1.29 is 14.4 Å². The summed E-state index contributed by atoms with van der Waals surface area (Å²) >= 11 is 0. The molecule has 0 spiro atoms. The van der Waals surface area contributed by atoms with E-state index in [9.17, 15) is 9.59 Å². The molecule has 74 valence electrons. The minimum atomic E-state index is -0.651. The zero-order chi connectivity index (χ0) is 10.1. The van der Waals surface area contributed by atoms with Gasteiger partial charge in [0, 0.05) is 20.0 Å². The second kappa shape index (κ2) is 3.33. The Hall–Kier alpha value is -1.10. The molecule has 0 saturated carbocycles. The lowest BCUT2D eigenvalue weighted by molar-refractivity contribution is -0.178.